The van der Waals surface area contributed by atoms with Crippen LogP contribution in [0.4, 0.5) is 0 Å². The van der Waals surface area contributed by atoms with Gasteiger partial charge in [0.05, 0.1) is 20.8 Å². The first-order valence-corrected chi connectivity index (χ1v) is 10.4. The van der Waals surface area contributed by atoms with Gasteiger partial charge in [-0.2, -0.15) is 0 Å². The lowest BCUT2D eigenvalue weighted by Gasteiger charge is -2.43. The first kappa shape index (κ1) is 21.4. The molecule has 1 aromatic carbocycles. The van der Waals surface area contributed by atoms with Gasteiger partial charge in [-0.15, -0.1) is 0 Å². The van der Waals surface area contributed by atoms with Gasteiger partial charge in [0, 0.05) is 6.54 Å². The van der Waals surface area contributed by atoms with Crippen LogP contribution < -0.4 is 14.8 Å². The van der Waals surface area contributed by atoms with E-state index < -0.39 is 11.8 Å². The molecule has 0 aromatic heterocycles. The van der Waals surface area contributed by atoms with Crippen molar-refractivity contribution >= 4 is 11.8 Å². The van der Waals surface area contributed by atoms with Gasteiger partial charge in [-0.3, -0.25) is 14.5 Å². The molecule has 1 saturated carbocycles. The summed E-state index contributed by atoms with van der Waals surface area (Å²) >= 11 is 0. The molecule has 160 valence electrons. The van der Waals surface area contributed by atoms with Gasteiger partial charge in [0.15, 0.2) is 0 Å². The summed E-state index contributed by atoms with van der Waals surface area (Å²) in [5, 5.41) is 2.92. The number of amides is 2. The molecule has 29 heavy (non-hydrogen) atoms. The second-order valence-electron chi connectivity index (χ2n) is 7.96. The highest BCUT2D eigenvalue weighted by Crippen LogP contribution is 2.44. The van der Waals surface area contributed by atoms with Crippen molar-refractivity contribution in [3.05, 3.63) is 23.8 Å². The molecule has 1 heterocycles. The van der Waals surface area contributed by atoms with E-state index in [0.29, 0.717) is 29.5 Å². The maximum absolute atomic E-state index is 13.9. The van der Waals surface area contributed by atoms with Crippen LogP contribution in [0.25, 0.3) is 0 Å². The van der Waals surface area contributed by atoms with Crippen LogP contribution >= 0.6 is 0 Å². The van der Waals surface area contributed by atoms with Crippen LogP contribution in [0.2, 0.25) is 0 Å². The highest BCUT2D eigenvalue weighted by molar-refractivity contribution is 6.02. The molecule has 3 rings (SSSR count). The second-order valence-corrected chi connectivity index (χ2v) is 7.96. The third-order valence-corrected chi connectivity index (χ3v) is 6.03. The molecule has 2 amide bonds. The zero-order valence-electron chi connectivity index (χ0n) is 17.8. The molecule has 1 aliphatic carbocycles. The summed E-state index contributed by atoms with van der Waals surface area (Å²) in [5.74, 6) is 0.962. The molecular formula is C22H32N2O5. The smallest absolute Gasteiger partial charge is 0.264 e. The third kappa shape index (κ3) is 4.06. The lowest BCUT2D eigenvalue weighted by molar-refractivity contribution is -0.127. The van der Waals surface area contributed by atoms with Crippen LogP contribution in [0.15, 0.2) is 18.2 Å². The Morgan fingerprint density at radius 1 is 1.21 bits per heavy atom. The lowest BCUT2D eigenvalue weighted by atomic mass is 9.83. The molecule has 2 aliphatic rings. The van der Waals surface area contributed by atoms with Crippen molar-refractivity contribution in [3.63, 3.8) is 0 Å². The maximum atomic E-state index is 13.9. The van der Waals surface area contributed by atoms with E-state index in [4.69, 9.17) is 14.2 Å². The van der Waals surface area contributed by atoms with Crippen LogP contribution in [0, 0.1) is 5.92 Å². The predicted octanol–water partition coefficient (Wildman–Crippen LogP) is 2.98. The van der Waals surface area contributed by atoms with Crippen molar-refractivity contribution in [1.29, 1.82) is 0 Å². The molecule has 1 spiro atoms. The van der Waals surface area contributed by atoms with Crippen LogP contribution in [-0.4, -0.2) is 55.9 Å². The number of hydrogen-bond acceptors (Lipinski definition) is 5. The molecule has 1 aromatic rings. The number of nitrogens with zero attached hydrogens (tertiary/aromatic N) is 1. The molecule has 0 bridgehead atoms. The third-order valence-electron chi connectivity index (χ3n) is 6.03. The Labute approximate surface area is 172 Å². The van der Waals surface area contributed by atoms with E-state index in [1.165, 1.54) is 14.2 Å². The number of nitrogens with one attached hydrogen (secondary N) is 1. The van der Waals surface area contributed by atoms with Crippen molar-refractivity contribution in [2.24, 2.45) is 5.92 Å². The fourth-order valence-corrected chi connectivity index (χ4v) is 4.33. The second kappa shape index (κ2) is 9.03. The quantitative estimate of drug-likeness (QED) is 0.789. The normalized spacial score (nSPS) is 26.4. The highest BCUT2D eigenvalue weighted by Gasteiger charge is 2.54. The van der Waals surface area contributed by atoms with E-state index in [9.17, 15) is 9.59 Å². The monoisotopic (exact) mass is 404 g/mol. The number of benzene rings is 1. The van der Waals surface area contributed by atoms with Crippen LogP contribution in [0.5, 0.6) is 11.5 Å². The maximum Gasteiger partial charge on any atom is 0.264 e. The Kier molecular flexibility index (Phi) is 6.67. The molecule has 7 nitrogen and oxygen atoms in total. The topological polar surface area (TPSA) is 77.1 Å². The molecule has 1 aliphatic heterocycles. The van der Waals surface area contributed by atoms with Crippen LogP contribution in [0.1, 0.15) is 56.3 Å². The molecule has 0 unspecified atom stereocenters. The van der Waals surface area contributed by atoms with Crippen LogP contribution in [-0.2, 0) is 9.53 Å². The SMILES string of the molecule is CCCNC(=O)[C@@H]1COC2(CCC(C)CC2)N1C(=O)c1c(OC)cccc1OC. The number of ether oxygens (including phenoxy) is 3. The summed E-state index contributed by atoms with van der Waals surface area (Å²) < 4.78 is 17.1. The summed E-state index contributed by atoms with van der Waals surface area (Å²) in [6.45, 7) is 4.98. The van der Waals surface area contributed by atoms with Gasteiger partial charge >= 0.3 is 0 Å². The molecule has 1 saturated heterocycles. The molecule has 7 heteroatoms. The van der Waals surface area contributed by atoms with Crippen molar-refractivity contribution in [2.45, 2.75) is 57.7 Å². The number of rotatable bonds is 6. The van der Waals surface area contributed by atoms with E-state index in [1.54, 1.807) is 23.1 Å². The van der Waals surface area contributed by atoms with Crippen molar-refractivity contribution in [1.82, 2.24) is 10.2 Å². The molecule has 1 atom stereocenters. The van der Waals surface area contributed by atoms with E-state index >= 15 is 0 Å². The summed E-state index contributed by atoms with van der Waals surface area (Å²) in [6, 6.07) is 4.57. The molecular weight excluding hydrogens is 372 g/mol. The Morgan fingerprint density at radius 3 is 2.38 bits per heavy atom. The largest absolute Gasteiger partial charge is 0.496 e. The Morgan fingerprint density at radius 2 is 1.83 bits per heavy atom. The van der Waals surface area contributed by atoms with Gasteiger partial charge in [-0.05, 0) is 50.2 Å². The summed E-state index contributed by atoms with van der Waals surface area (Å²) in [7, 11) is 3.05. The Hall–Kier alpha value is -2.28. The minimum Gasteiger partial charge on any atom is -0.496 e. The zero-order chi connectivity index (χ0) is 21.0. The number of carbonyl (C=O) groups excluding carboxylic acids is 2. The molecule has 0 radical (unpaired) electrons. The lowest BCUT2D eigenvalue weighted by Crippen LogP contribution is -2.57. The van der Waals surface area contributed by atoms with Gasteiger partial charge in [0.2, 0.25) is 5.91 Å². The Balaban J connectivity index is 2.02. The van der Waals surface area contributed by atoms with Crippen molar-refractivity contribution in [2.75, 3.05) is 27.4 Å². The molecule has 2 fully saturated rings. The first-order valence-electron chi connectivity index (χ1n) is 10.4. The first-order chi connectivity index (χ1) is 14.0. The van der Waals surface area contributed by atoms with E-state index in [1.807, 2.05) is 6.92 Å². The fraction of sp³-hybridized carbons (Fsp3) is 0.636. The number of carbonyl (C=O) groups is 2. The van der Waals surface area contributed by atoms with Gasteiger partial charge in [-0.1, -0.05) is 19.9 Å². The van der Waals surface area contributed by atoms with E-state index in [0.717, 1.165) is 32.1 Å². The standard InChI is InChI=1S/C22H32N2O5/c1-5-13-23-20(25)16-14-29-22(11-9-15(2)10-12-22)24(16)21(26)19-17(27-3)7-6-8-18(19)28-4/h6-8,15-16H,5,9-14H2,1-4H3,(H,23,25)/t15?,16-,22?/m0/s1. The average molecular weight is 405 g/mol. The Bertz CT molecular complexity index is 720. The van der Waals surface area contributed by atoms with Gasteiger partial charge < -0.3 is 19.5 Å². The zero-order valence-corrected chi connectivity index (χ0v) is 17.8. The average Bonchev–Trinajstić information content (AvgIpc) is 3.12. The number of hydrogen-bond donors (Lipinski definition) is 1. The highest BCUT2D eigenvalue weighted by atomic mass is 16.5. The van der Waals surface area contributed by atoms with Gasteiger partial charge in [0.1, 0.15) is 28.8 Å². The predicted molar refractivity (Wildman–Crippen MR) is 109 cm³/mol. The van der Waals surface area contributed by atoms with Gasteiger partial charge in [0.25, 0.3) is 5.91 Å². The summed E-state index contributed by atoms with van der Waals surface area (Å²) in [5.41, 5.74) is -0.432. The fourth-order valence-electron chi connectivity index (χ4n) is 4.33. The van der Waals surface area contributed by atoms with E-state index in [2.05, 4.69) is 12.2 Å². The summed E-state index contributed by atoms with van der Waals surface area (Å²) in [6.07, 6.45) is 4.17. The van der Waals surface area contributed by atoms with Crippen LogP contribution in [0.3, 0.4) is 0 Å². The molecule has 1 N–H and O–H groups in total. The minimum absolute atomic E-state index is 0.176. The van der Waals surface area contributed by atoms with E-state index in [-0.39, 0.29) is 18.4 Å². The number of methoxy groups -OCH3 is 2. The van der Waals surface area contributed by atoms with Crippen molar-refractivity contribution in [3.8, 4) is 11.5 Å². The summed E-state index contributed by atoms with van der Waals surface area (Å²) in [4.78, 5) is 28.4. The minimum atomic E-state index is -0.760. The van der Waals surface area contributed by atoms with Crippen molar-refractivity contribution < 1.29 is 23.8 Å². The van der Waals surface area contributed by atoms with Gasteiger partial charge in [-0.25, -0.2) is 0 Å².